The van der Waals surface area contributed by atoms with Gasteiger partial charge in [0.2, 0.25) is 0 Å². The minimum Gasteiger partial charge on any atom is -0.399 e. The highest BCUT2D eigenvalue weighted by Gasteiger charge is 2.36. The van der Waals surface area contributed by atoms with E-state index < -0.39 is 0 Å². The summed E-state index contributed by atoms with van der Waals surface area (Å²) >= 11 is 0. The average Bonchev–Trinajstić information content (AvgIpc) is 3.10. The number of benzene rings is 1. The summed E-state index contributed by atoms with van der Waals surface area (Å²) in [6.07, 6.45) is 7.59. The second-order valence-electron chi connectivity index (χ2n) is 6.33. The van der Waals surface area contributed by atoms with Gasteiger partial charge in [-0.1, -0.05) is 18.9 Å². The van der Waals surface area contributed by atoms with Crippen LogP contribution in [0.15, 0.2) is 18.2 Å². The molecule has 1 unspecified atom stereocenters. The molecule has 0 spiro atoms. The number of rotatable bonds is 2. The monoisotopic (exact) mass is 308 g/mol. The molecule has 1 aromatic carbocycles. The van der Waals surface area contributed by atoms with Gasteiger partial charge in [0, 0.05) is 23.8 Å². The molecule has 2 N–H and O–H groups in total. The molecule has 1 saturated heterocycles. The number of hydrogen-bond donors (Lipinski definition) is 1. The smallest absolute Gasteiger partial charge is 0.254 e. The number of amides is 1. The molecule has 3 rings (SSSR count). The maximum Gasteiger partial charge on any atom is 0.254 e. The minimum atomic E-state index is 0. The summed E-state index contributed by atoms with van der Waals surface area (Å²) in [5, 5.41) is 0. The fourth-order valence-corrected chi connectivity index (χ4v) is 3.90. The zero-order valence-corrected chi connectivity index (χ0v) is 13.5. The summed E-state index contributed by atoms with van der Waals surface area (Å²) in [5.74, 6) is 0.909. The van der Waals surface area contributed by atoms with Crippen LogP contribution in [0.4, 0.5) is 5.69 Å². The molecule has 2 aliphatic rings. The third kappa shape index (κ3) is 3.18. The number of carbonyl (C=O) groups excluding carboxylic acids is 1. The number of nitrogens with zero attached hydrogens (tertiary/aromatic N) is 1. The third-order valence-corrected chi connectivity index (χ3v) is 5.00. The number of likely N-dealkylation sites (tertiary alicyclic amines) is 1. The van der Waals surface area contributed by atoms with Crippen LogP contribution >= 0.6 is 12.4 Å². The highest BCUT2D eigenvalue weighted by atomic mass is 35.5. The van der Waals surface area contributed by atoms with Crippen LogP contribution in [0, 0.1) is 12.8 Å². The van der Waals surface area contributed by atoms with Gasteiger partial charge in [-0.3, -0.25) is 4.79 Å². The standard InChI is InChI=1S/C17H24N2O.ClH/c1-12-8-9-14(18)11-15(12)17(20)19-10-4-7-16(19)13-5-2-3-6-13;/h8-9,11,13,16H,2-7,10,18H2,1H3;1H. The lowest BCUT2D eigenvalue weighted by atomic mass is 9.95. The van der Waals surface area contributed by atoms with E-state index in [0.717, 1.165) is 30.0 Å². The summed E-state index contributed by atoms with van der Waals surface area (Å²) in [5.41, 5.74) is 8.34. The van der Waals surface area contributed by atoms with E-state index in [1.165, 1.54) is 32.1 Å². The van der Waals surface area contributed by atoms with E-state index in [9.17, 15) is 4.79 Å². The molecule has 1 saturated carbocycles. The third-order valence-electron chi connectivity index (χ3n) is 5.00. The lowest BCUT2D eigenvalue weighted by Crippen LogP contribution is -2.39. The van der Waals surface area contributed by atoms with Gasteiger partial charge in [-0.25, -0.2) is 0 Å². The summed E-state index contributed by atoms with van der Waals surface area (Å²) in [4.78, 5) is 15.0. The summed E-state index contributed by atoms with van der Waals surface area (Å²) in [6.45, 7) is 2.90. The van der Waals surface area contributed by atoms with Crippen molar-refractivity contribution >= 4 is 24.0 Å². The fourth-order valence-electron chi connectivity index (χ4n) is 3.90. The summed E-state index contributed by atoms with van der Waals surface area (Å²) in [6, 6.07) is 6.11. The van der Waals surface area contributed by atoms with Crippen LogP contribution in [0.5, 0.6) is 0 Å². The number of halogens is 1. The van der Waals surface area contributed by atoms with Gasteiger partial charge >= 0.3 is 0 Å². The molecule has 4 heteroatoms. The molecule has 1 heterocycles. The quantitative estimate of drug-likeness (QED) is 0.845. The number of aryl methyl sites for hydroxylation is 1. The molecule has 0 aromatic heterocycles. The SMILES string of the molecule is Cc1ccc(N)cc1C(=O)N1CCCC1C1CCCC1.Cl. The first-order chi connectivity index (χ1) is 9.66. The van der Waals surface area contributed by atoms with Crippen LogP contribution < -0.4 is 5.73 Å². The number of carbonyl (C=O) groups is 1. The predicted octanol–water partition coefficient (Wildman–Crippen LogP) is 3.79. The minimum absolute atomic E-state index is 0. The Morgan fingerprint density at radius 1 is 1.19 bits per heavy atom. The van der Waals surface area contributed by atoms with Crippen molar-refractivity contribution in [1.29, 1.82) is 0 Å². The van der Waals surface area contributed by atoms with E-state index in [-0.39, 0.29) is 18.3 Å². The number of nitrogens with two attached hydrogens (primary N) is 1. The van der Waals surface area contributed by atoms with Crippen molar-refractivity contribution in [2.24, 2.45) is 5.92 Å². The Morgan fingerprint density at radius 3 is 2.62 bits per heavy atom. The first-order valence-electron chi connectivity index (χ1n) is 7.84. The van der Waals surface area contributed by atoms with Crippen LogP contribution in [0.1, 0.15) is 54.4 Å². The van der Waals surface area contributed by atoms with E-state index in [1.54, 1.807) is 0 Å². The van der Waals surface area contributed by atoms with E-state index in [4.69, 9.17) is 5.73 Å². The second kappa shape index (κ2) is 6.69. The summed E-state index contributed by atoms with van der Waals surface area (Å²) in [7, 11) is 0. The molecule has 1 amide bonds. The van der Waals surface area contributed by atoms with Crippen molar-refractivity contribution in [3.63, 3.8) is 0 Å². The molecule has 3 nitrogen and oxygen atoms in total. The maximum absolute atomic E-state index is 12.9. The van der Waals surface area contributed by atoms with Crippen molar-refractivity contribution in [1.82, 2.24) is 4.90 Å². The molecule has 116 valence electrons. The number of nitrogen functional groups attached to an aromatic ring is 1. The first kappa shape index (κ1) is 16.2. The molecule has 21 heavy (non-hydrogen) atoms. The lowest BCUT2D eigenvalue weighted by Gasteiger charge is -2.30. The first-order valence-corrected chi connectivity index (χ1v) is 7.84. The van der Waals surface area contributed by atoms with E-state index in [1.807, 2.05) is 25.1 Å². The molecular weight excluding hydrogens is 284 g/mol. The normalized spacial score (nSPS) is 22.3. The average molecular weight is 309 g/mol. The lowest BCUT2D eigenvalue weighted by molar-refractivity contribution is 0.0688. The Bertz CT molecular complexity index is 512. The van der Waals surface area contributed by atoms with Crippen molar-refractivity contribution in [3.8, 4) is 0 Å². The van der Waals surface area contributed by atoms with Crippen molar-refractivity contribution in [3.05, 3.63) is 29.3 Å². The Morgan fingerprint density at radius 2 is 1.90 bits per heavy atom. The van der Waals surface area contributed by atoms with Gasteiger partial charge < -0.3 is 10.6 Å². The van der Waals surface area contributed by atoms with Gasteiger partial charge in [0.1, 0.15) is 0 Å². The molecule has 1 aliphatic carbocycles. The highest BCUT2D eigenvalue weighted by Crippen LogP contribution is 2.36. The Hall–Kier alpha value is -1.22. The zero-order chi connectivity index (χ0) is 14.1. The van der Waals surface area contributed by atoms with Gasteiger partial charge in [-0.2, -0.15) is 0 Å². The van der Waals surface area contributed by atoms with Gasteiger partial charge in [0.25, 0.3) is 5.91 Å². The van der Waals surface area contributed by atoms with Crippen molar-refractivity contribution in [2.45, 2.75) is 51.5 Å². The Kier molecular flexibility index (Phi) is 5.15. The van der Waals surface area contributed by atoms with Crippen LogP contribution in [0.25, 0.3) is 0 Å². The van der Waals surface area contributed by atoms with E-state index >= 15 is 0 Å². The van der Waals surface area contributed by atoms with Crippen LogP contribution in [0.3, 0.4) is 0 Å². The van der Waals surface area contributed by atoms with Crippen molar-refractivity contribution in [2.75, 3.05) is 12.3 Å². The second-order valence-corrected chi connectivity index (χ2v) is 6.33. The Balaban J connectivity index is 0.00000161. The molecule has 0 bridgehead atoms. The predicted molar refractivity (Wildman–Crippen MR) is 88.9 cm³/mol. The fraction of sp³-hybridized carbons (Fsp3) is 0.588. The largest absolute Gasteiger partial charge is 0.399 e. The molecule has 1 aliphatic heterocycles. The Labute approximate surface area is 133 Å². The molecule has 1 atom stereocenters. The van der Waals surface area contributed by atoms with Crippen LogP contribution in [-0.4, -0.2) is 23.4 Å². The molecule has 2 fully saturated rings. The summed E-state index contributed by atoms with van der Waals surface area (Å²) < 4.78 is 0. The molecule has 1 aromatic rings. The topological polar surface area (TPSA) is 46.3 Å². The van der Waals surface area contributed by atoms with E-state index in [2.05, 4.69) is 4.90 Å². The maximum atomic E-state index is 12.9. The van der Waals surface area contributed by atoms with Gasteiger partial charge in [-0.05, 0) is 56.2 Å². The van der Waals surface area contributed by atoms with Crippen LogP contribution in [-0.2, 0) is 0 Å². The van der Waals surface area contributed by atoms with Gasteiger partial charge in [-0.15, -0.1) is 12.4 Å². The van der Waals surface area contributed by atoms with E-state index in [0.29, 0.717) is 11.7 Å². The number of anilines is 1. The van der Waals surface area contributed by atoms with Crippen molar-refractivity contribution < 1.29 is 4.79 Å². The van der Waals surface area contributed by atoms with Crippen LogP contribution in [0.2, 0.25) is 0 Å². The van der Waals surface area contributed by atoms with Gasteiger partial charge in [0.05, 0.1) is 0 Å². The molecular formula is C17H25ClN2O. The number of hydrogen-bond acceptors (Lipinski definition) is 2. The molecule has 0 radical (unpaired) electrons. The van der Waals surface area contributed by atoms with Gasteiger partial charge in [0.15, 0.2) is 0 Å². The zero-order valence-electron chi connectivity index (χ0n) is 12.7. The highest BCUT2D eigenvalue weighted by molar-refractivity contribution is 5.96.